The van der Waals surface area contributed by atoms with Crippen molar-refractivity contribution in [3.8, 4) is 0 Å². The van der Waals surface area contributed by atoms with Crippen LogP contribution in [-0.4, -0.2) is 53.2 Å². The maximum Gasteiger partial charge on any atom is 0.0701 e. The second kappa shape index (κ2) is 10.0. The molecule has 4 nitrogen and oxygen atoms in total. The van der Waals surface area contributed by atoms with Gasteiger partial charge in [-0.3, -0.25) is 0 Å². The van der Waals surface area contributed by atoms with Crippen molar-refractivity contribution < 1.29 is 14.2 Å². The van der Waals surface area contributed by atoms with Crippen molar-refractivity contribution >= 4 is 0 Å². The quantitative estimate of drug-likeness (QED) is 0.540. The summed E-state index contributed by atoms with van der Waals surface area (Å²) in [6.45, 7) is 5.53. The lowest BCUT2D eigenvalue weighted by Crippen LogP contribution is -2.29. The molecule has 96 valence electrons. The van der Waals surface area contributed by atoms with Crippen molar-refractivity contribution in [2.75, 3.05) is 53.2 Å². The van der Waals surface area contributed by atoms with E-state index in [2.05, 4.69) is 5.32 Å². The molecule has 1 fully saturated rings. The lowest BCUT2D eigenvalue weighted by Gasteiger charge is -2.25. The van der Waals surface area contributed by atoms with Crippen LogP contribution in [0.3, 0.4) is 0 Å². The SMILES string of the molecule is COCCOCCOCCNCC1CCC1. The van der Waals surface area contributed by atoms with Gasteiger partial charge < -0.3 is 19.5 Å². The summed E-state index contributed by atoms with van der Waals surface area (Å²) in [7, 11) is 1.67. The van der Waals surface area contributed by atoms with Crippen LogP contribution < -0.4 is 5.32 Å². The van der Waals surface area contributed by atoms with Gasteiger partial charge in [-0.05, 0) is 25.3 Å². The van der Waals surface area contributed by atoms with Gasteiger partial charge in [0, 0.05) is 13.7 Å². The standard InChI is InChI=1S/C12H25NO3/c1-14-7-8-16-10-9-15-6-5-13-11-12-3-2-4-12/h12-13H,2-11H2,1H3. The van der Waals surface area contributed by atoms with Crippen molar-refractivity contribution in [2.45, 2.75) is 19.3 Å². The van der Waals surface area contributed by atoms with E-state index >= 15 is 0 Å². The number of hydrogen-bond donors (Lipinski definition) is 1. The number of hydrogen-bond acceptors (Lipinski definition) is 4. The molecule has 0 amide bonds. The molecule has 1 N–H and O–H groups in total. The topological polar surface area (TPSA) is 39.7 Å². The first-order valence-electron chi connectivity index (χ1n) is 6.28. The molecule has 0 bridgehead atoms. The van der Waals surface area contributed by atoms with E-state index in [0.717, 1.165) is 25.6 Å². The van der Waals surface area contributed by atoms with Gasteiger partial charge >= 0.3 is 0 Å². The molecule has 0 aromatic carbocycles. The zero-order valence-corrected chi connectivity index (χ0v) is 10.4. The number of nitrogens with one attached hydrogen (secondary N) is 1. The minimum Gasteiger partial charge on any atom is -0.382 e. The number of methoxy groups -OCH3 is 1. The Labute approximate surface area is 98.6 Å². The highest BCUT2D eigenvalue weighted by Crippen LogP contribution is 2.24. The van der Waals surface area contributed by atoms with Crippen molar-refractivity contribution in [1.29, 1.82) is 0 Å². The van der Waals surface area contributed by atoms with E-state index in [1.165, 1.54) is 19.3 Å². The van der Waals surface area contributed by atoms with Crippen LogP contribution >= 0.6 is 0 Å². The van der Waals surface area contributed by atoms with E-state index in [0.29, 0.717) is 26.4 Å². The Morgan fingerprint density at radius 1 is 1.00 bits per heavy atom. The summed E-state index contributed by atoms with van der Waals surface area (Å²) < 4.78 is 15.6. The van der Waals surface area contributed by atoms with E-state index in [4.69, 9.17) is 14.2 Å². The molecule has 16 heavy (non-hydrogen) atoms. The molecular weight excluding hydrogens is 206 g/mol. The molecule has 0 aliphatic heterocycles. The molecule has 0 radical (unpaired) electrons. The average Bonchev–Trinajstić information content (AvgIpc) is 2.23. The van der Waals surface area contributed by atoms with Crippen molar-refractivity contribution in [1.82, 2.24) is 5.32 Å². The third kappa shape index (κ3) is 7.17. The Morgan fingerprint density at radius 2 is 1.69 bits per heavy atom. The molecule has 1 aliphatic rings. The Bertz CT molecular complexity index is 151. The van der Waals surface area contributed by atoms with Crippen LogP contribution in [0.15, 0.2) is 0 Å². The molecule has 0 aromatic heterocycles. The predicted molar refractivity (Wildman–Crippen MR) is 63.7 cm³/mol. The molecule has 4 heteroatoms. The van der Waals surface area contributed by atoms with Crippen molar-refractivity contribution in [3.05, 3.63) is 0 Å². The maximum absolute atomic E-state index is 5.42. The summed E-state index contributed by atoms with van der Waals surface area (Å²) in [5, 5.41) is 3.41. The van der Waals surface area contributed by atoms with Gasteiger partial charge in [0.15, 0.2) is 0 Å². The van der Waals surface area contributed by atoms with Gasteiger partial charge in [-0.1, -0.05) is 6.42 Å². The van der Waals surface area contributed by atoms with Gasteiger partial charge in [0.25, 0.3) is 0 Å². The van der Waals surface area contributed by atoms with E-state index in [9.17, 15) is 0 Å². The molecular formula is C12H25NO3. The zero-order valence-electron chi connectivity index (χ0n) is 10.4. The van der Waals surface area contributed by atoms with Crippen LogP contribution in [0.2, 0.25) is 0 Å². The first kappa shape index (κ1) is 13.9. The molecule has 0 unspecified atom stereocenters. The number of ether oxygens (including phenoxy) is 3. The summed E-state index contributed by atoms with van der Waals surface area (Å²) in [6, 6.07) is 0. The van der Waals surface area contributed by atoms with Gasteiger partial charge in [0.1, 0.15) is 0 Å². The molecule has 0 atom stereocenters. The zero-order chi connectivity index (χ0) is 11.5. The van der Waals surface area contributed by atoms with Crippen LogP contribution in [-0.2, 0) is 14.2 Å². The minimum atomic E-state index is 0.653. The van der Waals surface area contributed by atoms with Gasteiger partial charge in [-0.15, -0.1) is 0 Å². The monoisotopic (exact) mass is 231 g/mol. The Balaban J connectivity index is 1.65. The molecule has 1 rings (SSSR count). The van der Waals surface area contributed by atoms with Crippen LogP contribution in [0.1, 0.15) is 19.3 Å². The molecule has 0 aromatic rings. The van der Waals surface area contributed by atoms with Crippen molar-refractivity contribution in [3.63, 3.8) is 0 Å². The van der Waals surface area contributed by atoms with Crippen LogP contribution in [0.25, 0.3) is 0 Å². The van der Waals surface area contributed by atoms with Crippen LogP contribution in [0, 0.1) is 5.92 Å². The second-order valence-corrected chi connectivity index (χ2v) is 4.22. The first-order chi connectivity index (χ1) is 7.93. The maximum atomic E-state index is 5.42. The summed E-state index contributed by atoms with van der Waals surface area (Å²) in [6.07, 6.45) is 4.23. The third-order valence-corrected chi connectivity index (χ3v) is 2.88. The smallest absolute Gasteiger partial charge is 0.0701 e. The van der Waals surface area contributed by atoms with Crippen LogP contribution in [0.5, 0.6) is 0 Å². The van der Waals surface area contributed by atoms with E-state index in [1.807, 2.05) is 0 Å². The minimum absolute atomic E-state index is 0.653. The molecule has 1 aliphatic carbocycles. The van der Waals surface area contributed by atoms with Gasteiger partial charge in [-0.2, -0.15) is 0 Å². The van der Waals surface area contributed by atoms with Crippen molar-refractivity contribution in [2.24, 2.45) is 5.92 Å². The fraction of sp³-hybridized carbons (Fsp3) is 1.00. The fourth-order valence-corrected chi connectivity index (χ4v) is 1.61. The Kier molecular flexibility index (Phi) is 8.71. The van der Waals surface area contributed by atoms with Gasteiger partial charge in [-0.25, -0.2) is 0 Å². The predicted octanol–water partition coefficient (Wildman–Crippen LogP) is 1.06. The second-order valence-electron chi connectivity index (χ2n) is 4.22. The van der Waals surface area contributed by atoms with Gasteiger partial charge in [0.05, 0.1) is 33.0 Å². The molecule has 0 spiro atoms. The largest absolute Gasteiger partial charge is 0.382 e. The lowest BCUT2D eigenvalue weighted by atomic mass is 9.85. The summed E-state index contributed by atoms with van der Waals surface area (Å²) in [5.74, 6) is 0.928. The highest BCUT2D eigenvalue weighted by atomic mass is 16.5. The molecule has 0 saturated heterocycles. The van der Waals surface area contributed by atoms with E-state index in [-0.39, 0.29) is 0 Å². The average molecular weight is 231 g/mol. The fourth-order valence-electron chi connectivity index (χ4n) is 1.61. The third-order valence-electron chi connectivity index (χ3n) is 2.88. The Hall–Kier alpha value is -0.160. The van der Waals surface area contributed by atoms with E-state index < -0.39 is 0 Å². The Morgan fingerprint density at radius 3 is 2.31 bits per heavy atom. The normalized spacial score (nSPS) is 16.3. The van der Waals surface area contributed by atoms with Gasteiger partial charge in [0.2, 0.25) is 0 Å². The van der Waals surface area contributed by atoms with Crippen LogP contribution in [0.4, 0.5) is 0 Å². The summed E-state index contributed by atoms with van der Waals surface area (Å²) in [5.41, 5.74) is 0. The highest BCUT2D eigenvalue weighted by molar-refractivity contribution is 4.71. The first-order valence-corrected chi connectivity index (χ1v) is 6.28. The summed E-state index contributed by atoms with van der Waals surface area (Å²) in [4.78, 5) is 0. The molecule has 1 saturated carbocycles. The highest BCUT2D eigenvalue weighted by Gasteiger charge is 2.15. The van der Waals surface area contributed by atoms with E-state index in [1.54, 1.807) is 7.11 Å². The summed E-state index contributed by atoms with van der Waals surface area (Å²) >= 11 is 0. The molecule has 0 heterocycles. The number of rotatable bonds is 11. The lowest BCUT2D eigenvalue weighted by molar-refractivity contribution is 0.0253.